The summed E-state index contributed by atoms with van der Waals surface area (Å²) < 4.78 is 10.1. The van der Waals surface area contributed by atoms with Crippen LogP contribution in [0.25, 0.3) is 0 Å². The first-order chi connectivity index (χ1) is 8.65. The predicted octanol–water partition coefficient (Wildman–Crippen LogP) is 3.39. The van der Waals surface area contributed by atoms with Crippen molar-refractivity contribution < 1.29 is 14.3 Å². The van der Waals surface area contributed by atoms with Crippen molar-refractivity contribution >= 4 is 6.29 Å². The number of benzene rings is 1. The monoisotopic (exact) mass is 252 g/mol. The van der Waals surface area contributed by atoms with E-state index in [1.54, 1.807) is 0 Å². The highest BCUT2D eigenvalue weighted by Crippen LogP contribution is 2.10. The summed E-state index contributed by atoms with van der Waals surface area (Å²) >= 11 is 0. The number of hydrogen-bond donors (Lipinski definition) is 0. The van der Waals surface area contributed by atoms with Gasteiger partial charge in [-0.25, -0.2) is 0 Å². The summed E-state index contributed by atoms with van der Waals surface area (Å²) in [6, 6.07) is 9.74. The van der Waals surface area contributed by atoms with Gasteiger partial charge in [0.1, 0.15) is 6.29 Å². The Bertz CT molecular complexity index is 292. The number of carbonyl (C=O) groups is 1. The molecule has 1 atom stereocenters. The molecule has 0 fully saturated rings. The van der Waals surface area contributed by atoms with Crippen LogP contribution in [0.2, 0.25) is 0 Å². The zero-order chi connectivity index (χ0) is 13.8. The van der Waals surface area contributed by atoms with Gasteiger partial charge in [0.05, 0.1) is 0 Å². The summed E-state index contributed by atoms with van der Waals surface area (Å²) in [6.45, 7) is 9.14. The lowest BCUT2D eigenvalue weighted by molar-refractivity contribution is -0.123. The molecule has 102 valence electrons. The lowest BCUT2D eigenvalue weighted by atomic mass is 10.0. The number of hydrogen-bond acceptors (Lipinski definition) is 3. The van der Waals surface area contributed by atoms with Crippen LogP contribution in [0.15, 0.2) is 30.3 Å². The second-order valence-electron chi connectivity index (χ2n) is 3.81. The molecule has 1 unspecified atom stereocenters. The molecule has 3 nitrogen and oxygen atoms in total. The fourth-order valence-corrected chi connectivity index (χ4v) is 1.35. The van der Waals surface area contributed by atoms with Gasteiger partial charge in [0.25, 0.3) is 0 Å². The van der Waals surface area contributed by atoms with Crippen LogP contribution >= 0.6 is 0 Å². The van der Waals surface area contributed by atoms with Crippen LogP contribution in [0, 0.1) is 0 Å². The first kappa shape index (κ1) is 16.8. The molecule has 0 bridgehead atoms. The van der Waals surface area contributed by atoms with Crippen LogP contribution < -0.4 is 0 Å². The van der Waals surface area contributed by atoms with Crippen LogP contribution in [0.1, 0.15) is 39.2 Å². The molecule has 0 aliphatic carbocycles. The molecule has 18 heavy (non-hydrogen) atoms. The van der Waals surface area contributed by atoms with Crippen LogP contribution in [-0.2, 0) is 14.3 Å². The smallest absolute Gasteiger partial charge is 0.154 e. The van der Waals surface area contributed by atoms with Gasteiger partial charge in [-0.05, 0) is 26.3 Å². The van der Waals surface area contributed by atoms with Gasteiger partial charge in [-0.3, -0.25) is 0 Å². The SMILES string of the molecule is CC(C=O)c1ccccc1.CCOC(C)OCC. The molecule has 1 aromatic rings. The molecule has 0 aliphatic rings. The zero-order valence-corrected chi connectivity index (χ0v) is 11.8. The summed E-state index contributed by atoms with van der Waals surface area (Å²) in [5, 5.41) is 0. The lowest BCUT2D eigenvalue weighted by Gasteiger charge is -2.09. The van der Waals surface area contributed by atoms with E-state index >= 15 is 0 Å². The van der Waals surface area contributed by atoms with Crippen molar-refractivity contribution in [1.29, 1.82) is 0 Å². The maximum Gasteiger partial charge on any atom is 0.154 e. The van der Waals surface area contributed by atoms with Crippen molar-refractivity contribution in [2.24, 2.45) is 0 Å². The van der Waals surface area contributed by atoms with E-state index in [0.717, 1.165) is 25.1 Å². The number of ether oxygens (including phenoxy) is 2. The lowest BCUT2D eigenvalue weighted by Crippen LogP contribution is -2.11. The van der Waals surface area contributed by atoms with E-state index in [2.05, 4.69) is 0 Å². The van der Waals surface area contributed by atoms with E-state index in [1.807, 2.05) is 58.0 Å². The quantitative estimate of drug-likeness (QED) is 0.575. The molecule has 3 heteroatoms. The van der Waals surface area contributed by atoms with Crippen molar-refractivity contribution in [3.05, 3.63) is 35.9 Å². The van der Waals surface area contributed by atoms with Crippen molar-refractivity contribution in [1.82, 2.24) is 0 Å². The molecule has 0 saturated heterocycles. The average molecular weight is 252 g/mol. The Morgan fingerprint density at radius 1 is 1.06 bits per heavy atom. The van der Waals surface area contributed by atoms with Crippen LogP contribution in [0.3, 0.4) is 0 Å². The molecule has 0 radical (unpaired) electrons. The molecule has 0 saturated carbocycles. The van der Waals surface area contributed by atoms with Gasteiger partial charge in [0, 0.05) is 19.1 Å². The fourth-order valence-electron chi connectivity index (χ4n) is 1.35. The molecular weight excluding hydrogens is 228 g/mol. The molecule has 0 amide bonds. The van der Waals surface area contributed by atoms with Gasteiger partial charge in [-0.2, -0.15) is 0 Å². The molecule has 0 spiro atoms. The topological polar surface area (TPSA) is 35.5 Å². The zero-order valence-electron chi connectivity index (χ0n) is 11.8. The molecule has 1 aromatic carbocycles. The highest BCUT2D eigenvalue weighted by molar-refractivity contribution is 5.61. The molecule has 1 rings (SSSR count). The minimum Gasteiger partial charge on any atom is -0.353 e. The largest absolute Gasteiger partial charge is 0.353 e. The van der Waals surface area contributed by atoms with Gasteiger partial charge in [-0.1, -0.05) is 37.3 Å². The maximum atomic E-state index is 10.3. The average Bonchev–Trinajstić information content (AvgIpc) is 2.40. The molecule has 0 aliphatic heterocycles. The summed E-state index contributed by atoms with van der Waals surface area (Å²) in [4.78, 5) is 10.3. The van der Waals surface area contributed by atoms with Crippen molar-refractivity contribution in [2.75, 3.05) is 13.2 Å². The second kappa shape index (κ2) is 10.9. The maximum absolute atomic E-state index is 10.3. The van der Waals surface area contributed by atoms with Crippen LogP contribution in [-0.4, -0.2) is 25.8 Å². The van der Waals surface area contributed by atoms with E-state index in [1.165, 1.54) is 0 Å². The van der Waals surface area contributed by atoms with Gasteiger partial charge >= 0.3 is 0 Å². The molecule has 0 heterocycles. The minimum absolute atomic E-state index is 0.0289. The summed E-state index contributed by atoms with van der Waals surface area (Å²) in [7, 11) is 0. The molecule has 0 aromatic heterocycles. The minimum atomic E-state index is -0.0370. The standard InChI is InChI=1S/C9H10O.C6H14O2/c1-8(7-10)9-5-3-2-4-6-9;1-4-7-6(3)8-5-2/h2-8H,1H3;6H,4-5H2,1-3H3. The van der Waals surface area contributed by atoms with Gasteiger partial charge in [0.15, 0.2) is 6.29 Å². The van der Waals surface area contributed by atoms with Gasteiger partial charge in [-0.15, -0.1) is 0 Å². The number of aldehydes is 1. The Morgan fingerprint density at radius 2 is 1.56 bits per heavy atom. The Hall–Kier alpha value is -1.19. The first-order valence-electron chi connectivity index (χ1n) is 6.39. The highest BCUT2D eigenvalue weighted by Gasteiger charge is 1.99. The molecule has 0 N–H and O–H groups in total. The van der Waals surface area contributed by atoms with Crippen molar-refractivity contribution in [3.8, 4) is 0 Å². The van der Waals surface area contributed by atoms with Crippen LogP contribution in [0.5, 0.6) is 0 Å². The van der Waals surface area contributed by atoms with Gasteiger partial charge in [0.2, 0.25) is 0 Å². The third kappa shape index (κ3) is 7.98. The summed E-state index contributed by atoms with van der Waals surface area (Å²) in [5.41, 5.74) is 1.08. The normalized spacial score (nSPS) is 11.6. The Balaban J connectivity index is 0.000000331. The Morgan fingerprint density at radius 3 is 1.94 bits per heavy atom. The van der Waals surface area contributed by atoms with E-state index in [4.69, 9.17) is 9.47 Å². The summed E-state index contributed by atoms with van der Waals surface area (Å²) in [6.07, 6.45) is 0.917. The third-order valence-electron chi connectivity index (χ3n) is 2.33. The van der Waals surface area contributed by atoms with E-state index in [-0.39, 0.29) is 12.2 Å². The van der Waals surface area contributed by atoms with Crippen LogP contribution in [0.4, 0.5) is 0 Å². The van der Waals surface area contributed by atoms with Gasteiger partial charge < -0.3 is 14.3 Å². The summed E-state index contributed by atoms with van der Waals surface area (Å²) in [5.74, 6) is 0.0289. The number of rotatable bonds is 6. The van der Waals surface area contributed by atoms with Crippen molar-refractivity contribution in [2.45, 2.75) is 39.9 Å². The van der Waals surface area contributed by atoms with E-state index in [0.29, 0.717) is 0 Å². The first-order valence-corrected chi connectivity index (χ1v) is 6.39. The predicted molar refractivity (Wildman–Crippen MR) is 73.6 cm³/mol. The Kier molecular flexibility index (Phi) is 10.2. The van der Waals surface area contributed by atoms with Crippen molar-refractivity contribution in [3.63, 3.8) is 0 Å². The highest BCUT2D eigenvalue weighted by atomic mass is 16.7. The van der Waals surface area contributed by atoms with E-state index < -0.39 is 0 Å². The Labute approximate surface area is 110 Å². The van der Waals surface area contributed by atoms with E-state index in [9.17, 15) is 4.79 Å². The second-order valence-corrected chi connectivity index (χ2v) is 3.81. The number of carbonyl (C=O) groups excluding carboxylic acids is 1. The fraction of sp³-hybridized carbons (Fsp3) is 0.533. The third-order valence-corrected chi connectivity index (χ3v) is 2.33. The molecular formula is C15H24O3.